The van der Waals surface area contributed by atoms with Crippen LogP contribution in [0.25, 0.3) is 0 Å². The number of carbonyl (C=O) groups is 1. The normalized spacial score (nSPS) is 13.2. The molecule has 2 atom stereocenters. The smallest absolute Gasteiger partial charge is 0.261 e. The summed E-state index contributed by atoms with van der Waals surface area (Å²) >= 11 is 0. The minimum Gasteiger partial charge on any atom is -0.480 e. The van der Waals surface area contributed by atoms with Crippen LogP contribution in [0.2, 0.25) is 0 Å². The van der Waals surface area contributed by atoms with Crippen molar-refractivity contribution in [1.82, 2.24) is 5.32 Å². The summed E-state index contributed by atoms with van der Waals surface area (Å²) in [5, 5.41) is 2.92. The highest BCUT2D eigenvalue weighted by Gasteiger charge is 2.21. The first kappa shape index (κ1) is 17.0. The van der Waals surface area contributed by atoms with Crippen LogP contribution >= 0.6 is 0 Å². The Morgan fingerprint density at radius 3 is 2.43 bits per heavy atom. The summed E-state index contributed by atoms with van der Waals surface area (Å²) in [4.78, 5) is 12.4. The highest BCUT2D eigenvalue weighted by molar-refractivity contribution is 5.81. The number of rotatable bonds is 6. The van der Waals surface area contributed by atoms with E-state index in [1.165, 1.54) is 12.1 Å². The van der Waals surface area contributed by atoms with E-state index in [9.17, 15) is 9.18 Å². The van der Waals surface area contributed by atoms with E-state index in [2.05, 4.69) is 5.32 Å². The fourth-order valence-electron chi connectivity index (χ4n) is 2.31. The average molecular weight is 315 g/mol. The van der Waals surface area contributed by atoms with Crippen molar-refractivity contribution in [3.8, 4) is 5.75 Å². The summed E-state index contributed by atoms with van der Waals surface area (Å²) in [6, 6.07) is 13.5. The Balaban J connectivity index is 2.02. The van der Waals surface area contributed by atoms with E-state index in [0.717, 1.165) is 11.1 Å². The highest BCUT2D eigenvalue weighted by Crippen LogP contribution is 2.20. The van der Waals surface area contributed by atoms with Gasteiger partial charge in [-0.2, -0.15) is 0 Å². The summed E-state index contributed by atoms with van der Waals surface area (Å²) in [6.45, 7) is 5.72. The minimum absolute atomic E-state index is 0.174. The summed E-state index contributed by atoms with van der Waals surface area (Å²) in [5.74, 6) is 0.248. The lowest BCUT2D eigenvalue weighted by atomic mass is 10.1. The number of para-hydroxylation sites is 1. The molecule has 0 aromatic heterocycles. The molecule has 0 saturated heterocycles. The third-order valence-electron chi connectivity index (χ3n) is 3.75. The lowest BCUT2D eigenvalue weighted by Gasteiger charge is -2.21. The molecule has 0 aliphatic heterocycles. The van der Waals surface area contributed by atoms with Gasteiger partial charge in [-0.25, -0.2) is 4.39 Å². The molecule has 0 aliphatic rings. The number of hydrogen-bond donors (Lipinski definition) is 1. The van der Waals surface area contributed by atoms with Gasteiger partial charge in [-0.05, 0) is 49.6 Å². The van der Waals surface area contributed by atoms with Gasteiger partial charge < -0.3 is 10.1 Å². The first-order valence-electron chi connectivity index (χ1n) is 7.79. The van der Waals surface area contributed by atoms with Crippen molar-refractivity contribution in [3.63, 3.8) is 0 Å². The van der Waals surface area contributed by atoms with Crippen molar-refractivity contribution < 1.29 is 13.9 Å². The average Bonchev–Trinajstić information content (AvgIpc) is 2.54. The zero-order valence-corrected chi connectivity index (χ0v) is 13.7. The van der Waals surface area contributed by atoms with Crippen molar-refractivity contribution in [2.24, 2.45) is 0 Å². The Hall–Kier alpha value is -2.36. The largest absolute Gasteiger partial charge is 0.480 e. The number of carbonyl (C=O) groups excluding carboxylic acids is 1. The van der Waals surface area contributed by atoms with Crippen LogP contribution in [-0.2, 0) is 4.79 Å². The zero-order valence-electron chi connectivity index (χ0n) is 13.7. The van der Waals surface area contributed by atoms with Gasteiger partial charge in [0.1, 0.15) is 11.6 Å². The number of amides is 1. The van der Waals surface area contributed by atoms with Crippen molar-refractivity contribution in [2.75, 3.05) is 0 Å². The molecule has 1 N–H and O–H groups in total. The monoisotopic (exact) mass is 315 g/mol. The number of hydrogen-bond acceptors (Lipinski definition) is 2. The highest BCUT2D eigenvalue weighted by atomic mass is 19.1. The van der Waals surface area contributed by atoms with Gasteiger partial charge in [-0.3, -0.25) is 4.79 Å². The lowest BCUT2D eigenvalue weighted by Crippen LogP contribution is -2.39. The van der Waals surface area contributed by atoms with Gasteiger partial charge in [-0.1, -0.05) is 37.3 Å². The van der Waals surface area contributed by atoms with Crippen molar-refractivity contribution in [3.05, 3.63) is 65.5 Å². The molecular weight excluding hydrogens is 293 g/mol. The van der Waals surface area contributed by atoms with Gasteiger partial charge in [0.25, 0.3) is 5.91 Å². The van der Waals surface area contributed by atoms with Crippen LogP contribution in [0, 0.1) is 12.7 Å². The summed E-state index contributed by atoms with van der Waals surface area (Å²) in [7, 11) is 0. The molecule has 2 aromatic carbocycles. The zero-order chi connectivity index (χ0) is 16.8. The van der Waals surface area contributed by atoms with Crippen molar-refractivity contribution in [1.29, 1.82) is 0 Å². The summed E-state index contributed by atoms with van der Waals surface area (Å²) < 4.78 is 18.8. The molecule has 3 nitrogen and oxygen atoms in total. The quantitative estimate of drug-likeness (QED) is 0.869. The molecule has 0 unspecified atom stereocenters. The third-order valence-corrected chi connectivity index (χ3v) is 3.75. The Morgan fingerprint density at radius 1 is 1.17 bits per heavy atom. The Morgan fingerprint density at radius 2 is 1.83 bits per heavy atom. The minimum atomic E-state index is -0.556. The molecule has 0 aliphatic carbocycles. The van der Waals surface area contributed by atoms with Crippen molar-refractivity contribution >= 4 is 5.91 Å². The molecule has 0 radical (unpaired) electrons. The number of halogens is 1. The SMILES string of the molecule is CC[C@H](Oc1ccccc1C)C(=O)N[C@H](C)c1ccc(F)cc1. The molecular formula is C19H22FNO2. The Labute approximate surface area is 136 Å². The van der Waals surface area contributed by atoms with Crippen LogP contribution in [0.15, 0.2) is 48.5 Å². The predicted molar refractivity (Wildman–Crippen MR) is 88.8 cm³/mol. The number of benzene rings is 2. The molecule has 1 amide bonds. The first-order valence-corrected chi connectivity index (χ1v) is 7.79. The molecule has 0 fully saturated rings. The standard InChI is InChI=1S/C19H22FNO2/c1-4-17(23-18-8-6-5-7-13(18)2)19(22)21-14(3)15-9-11-16(20)12-10-15/h5-12,14,17H,4H2,1-3H3,(H,21,22)/t14-,17+/m1/s1. The fraction of sp³-hybridized carbons (Fsp3) is 0.316. The van der Waals surface area contributed by atoms with E-state index in [1.54, 1.807) is 12.1 Å². The second-order valence-corrected chi connectivity index (χ2v) is 5.56. The van der Waals surface area contributed by atoms with Crippen molar-refractivity contribution in [2.45, 2.75) is 39.3 Å². The Bertz CT molecular complexity index is 655. The van der Waals surface area contributed by atoms with Crippen LogP contribution in [-0.4, -0.2) is 12.0 Å². The van der Waals surface area contributed by atoms with E-state index in [0.29, 0.717) is 12.2 Å². The molecule has 2 aromatic rings. The second-order valence-electron chi connectivity index (χ2n) is 5.56. The molecule has 0 heterocycles. The lowest BCUT2D eigenvalue weighted by molar-refractivity contribution is -0.128. The number of aryl methyl sites for hydroxylation is 1. The molecule has 0 spiro atoms. The fourth-order valence-corrected chi connectivity index (χ4v) is 2.31. The summed E-state index contributed by atoms with van der Waals surface area (Å²) in [5.41, 5.74) is 1.84. The van der Waals surface area contributed by atoms with Gasteiger partial charge in [-0.15, -0.1) is 0 Å². The number of nitrogens with one attached hydrogen (secondary N) is 1. The van der Waals surface area contributed by atoms with Crippen LogP contribution in [0.3, 0.4) is 0 Å². The van der Waals surface area contributed by atoms with E-state index < -0.39 is 6.10 Å². The van der Waals surface area contributed by atoms with Crippen LogP contribution in [0.5, 0.6) is 5.75 Å². The van der Waals surface area contributed by atoms with E-state index in [1.807, 2.05) is 45.0 Å². The van der Waals surface area contributed by atoms with Gasteiger partial charge in [0.2, 0.25) is 0 Å². The molecule has 0 saturated carbocycles. The maximum absolute atomic E-state index is 13.0. The first-order chi connectivity index (χ1) is 11.0. The van der Waals surface area contributed by atoms with Gasteiger partial charge in [0.15, 0.2) is 6.10 Å². The maximum Gasteiger partial charge on any atom is 0.261 e. The summed E-state index contributed by atoms with van der Waals surface area (Å²) in [6.07, 6.45) is 0.00930. The molecule has 23 heavy (non-hydrogen) atoms. The molecule has 122 valence electrons. The second kappa shape index (κ2) is 7.77. The van der Waals surface area contributed by atoms with Crippen LogP contribution < -0.4 is 10.1 Å². The van der Waals surface area contributed by atoms with Gasteiger partial charge in [0, 0.05) is 0 Å². The maximum atomic E-state index is 13.0. The molecule has 4 heteroatoms. The predicted octanol–water partition coefficient (Wildman–Crippen LogP) is 4.17. The van der Waals surface area contributed by atoms with Crippen LogP contribution in [0.4, 0.5) is 4.39 Å². The molecule has 0 bridgehead atoms. The van der Waals surface area contributed by atoms with Gasteiger partial charge in [0.05, 0.1) is 6.04 Å². The number of ether oxygens (including phenoxy) is 1. The Kier molecular flexibility index (Phi) is 5.74. The van der Waals surface area contributed by atoms with Crippen LogP contribution in [0.1, 0.15) is 37.4 Å². The van der Waals surface area contributed by atoms with E-state index in [-0.39, 0.29) is 17.8 Å². The van der Waals surface area contributed by atoms with E-state index >= 15 is 0 Å². The van der Waals surface area contributed by atoms with Gasteiger partial charge >= 0.3 is 0 Å². The molecule has 2 rings (SSSR count). The van der Waals surface area contributed by atoms with E-state index in [4.69, 9.17) is 4.74 Å². The topological polar surface area (TPSA) is 38.3 Å². The third kappa shape index (κ3) is 4.55.